The zero-order valence-corrected chi connectivity index (χ0v) is 11.3. The quantitative estimate of drug-likeness (QED) is 0.804. The first-order valence-electron chi connectivity index (χ1n) is 5.30. The number of hydrogen-bond acceptors (Lipinski definition) is 4. The number of sulfone groups is 1. The second kappa shape index (κ2) is 3.78. The van der Waals surface area contributed by atoms with Crippen molar-refractivity contribution < 1.29 is 8.42 Å². The normalized spacial score (nSPS) is 23.2. The summed E-state index contributed by atoms with van der Waals surface area (Å²) in [6.07, 6.45) is 3.13. The van der Waals surface area contributed by atoms with Crippen LogP contribution < -0.4 is 0 Å². The summed E-state index contributed by atoms with van der Waals surface area (Å²) < 4.78 is 26.4. The molecule has 0 spiro atoms. The molecule has 1 fully saturated rings. The van der Waals surface area contributed by atoms with Gasteiger partial charge >= 0.3 is 0 Å². The molecule has 2 aromatic heterocycles. The Balaban J connectivity index is 2.22. The predicted molar refractivity (Wildman–Crippen MR) is 66.4 cm³/mol. The summed E-state index contributed by atoms with van der Waals surface area (Å²) in [6, 6.07) is 3.70. The predicted octanol–water partition coefficient (Wildman–Crippen LogP) is 1.74. The highest BCUT2D eigenvalue weighted by Gasteiger charge is 2.36. The molecule has 2 aromatic rings. The van der Waals surface area contributed by atoms with Crippen LogP contribution in [-0.2, 0) is 9.84 Å². The lowest BCUT2D eigenvalue weighted by Gasteiger charge is -2.06. The smallest absolute Gasteiger partial charge is 0.175 e. The molecule has 0 radical (unpaired) electrons. The Bertz CT molecular complexity index is 680. The van der Waals surface area contributed by atoms with E-state index in [0.29, 0.717) is 24.3 Å². The monoisotopic (exact) mass is 315 g/mol. The Morgan fingerprint density at radius 3 is 2.94 bits per heavy atom. The van der Waals surface area contributed by atoms with E-state index < -0.39 is 15.1 Å². The van der Waals surface area contributed by atoms with E-state index in [1.807, 2.05) is 12.1 Å². The van der Waals surface area contributed by atoms with Crippen LogP contribution in [0.15, 0.2) is 22.8 Å². The molecule has 1 aliphatic heterocycles. The first-order valence-corrected chi connectivity index (χ1v) is 7.81. The molecule has 5 nitrogen and oxygen atoms in total. The van der Waals surface area contributed by atoms with Crippen LogP contribution in [0.5, 0.6) is 0 Å². The van der Waals surface area contributed by atoms with Crippen molar-refractivity contribution in [3.05, 3.63) is 28.6 Å². The Labute approximate surface area is 107 Å². The first-order chi connectivity index (χ1) is 8.09. The number of halogens is 1. The van der Waals surface area contributed by atoms with Crippen molar-refractivity contribution >= 4 is 31.4 Å². The molecule has 90 valence electrons. The van der Waals surface area contributed by atoms with Gasteiger partial charge in [0.1, 0.15) is 5.25 Å². The highest BCUT2D eigenvalue weighted by atomic mass is 79.9. The molecule has 1 unspecified atom stereocenters. The number of pyridine rings is 1. The molecule has 0 saturated carbocycles. The zero-order chi connectivity index (χ0) is 12.0. The largest absolute Gasteiger partial charge is 0.284 e. The molecule has 17 heavy (non-hydrogen) atoms. The highest BCUT2D eigenvalue weighted by Crippen LogP contribution is 2.34. The van der Waals surface area contributed by atoms with Crippen molar-refractivity contribution in [2.45, 2.75) is 18.1 Å². The Hall–Kier alpha value is -0.950. The minimum Gasteiger partial charge on any atom is -0.284 e. The van der Waals surface area contributed by atoms with E-state index in [9.17, 15) is 8.42 Å². The molecule has 3 heterocycles. The lowest BCUT2D eigenvalue weighted by Crippen LogP contribution is -2.11. The third-order valence-electron chi connectivity index (χ3n) is 3.03. The van der Waals surface area contributed by atoms with Gasteiger partial charge in [-0.15, -0.1) is 10.2 Å². The molecule has 0 aromatic carbocycles. The molecule has 7 heteroatoms. The minimum atomic E-state index is -3.05. The molecule has 1 aliphatic rings. The SMILES string of the molecule is O=S1(=O)CCCC1c1nnc2c(Br)cccn12. The Morgan fingerprint density at radius 1 is 1.41 bits per heavy atom. The van der Waals surface area contributed by atoms with Crippen LogP contribution in [-0.4, -0.2) is 28.8 Å². The molecule has 0 amide bonds. The second-order valence-electron chi connectivity index (χ2n) is 4.11. The van der Waals surface area contributed by atoms with Gasteiger partial charge in [-0.05, 0) is 40.9 Å². The van der Waals surface area contributed by atoms with Crippen molar-refractivity contribution in [3.8, 4) is 0 Å². The average molecular weight is 316 g/mol. The molecular formula is C10H10BrN3O2S. The lowest BCUT2D eigenvalue weighted by molar-refractivity contribution is 0.588. The molecule has 0 aliphatic carbocycles. The van der Waals surface area contributed by atoms with Gasteiger partial charge in [-0.2, -0.15) is 0 Å². The fourth-order valence-corrected chi connectivity index (χ4v) is 4.49. The molecule has 0 bridgehead atoms. The minimum absolute atomic E-state index is 0.251. The topological polar surface area (TPSA) is 64.3 Å². The Kier molecular flexibility index (Phi) is 2.48. The van der Waals surface area contributed by atoms with E-state index in [1.165, 1.54) is 0 Å². The molecule has 1 atom stereocenters. The van der Waals surface area contributed by atoms with Crippen LogP contribution in [0.3, 0.4) is 0 Å². The lowest BCUT2D eigenvalue weighted by atomic mass is 10.2. The zero-order valence-electron chi connectivity index (χ0n) is 8.88. The van der Waals surface area contributed by atoms with E-state index >= 15 is 0 Å². The van der Waals surface area contributed by atoms with Gasteiger partial charge in [-0.1, -0.05) is 0 Å². The summed E-state index contributed by atoms with van der Waals surface area (Å²) in [5, 5.41) is 7.56. The van der Waals surface area contributed by atoms with Crippen LogP contribution in [0, 0.1) is 0 Å². The number of rotatable bonds is 1. The van der Waals surface area contributed by atoms with Gasteiger partial charge in [-0.3, -0.25) is 4.40 Å². The molecule has 0 N–H and O–H groups in total. The van der Waals surface area contributed by atoms with Gasteiger partial charge in [0.05, 0.1) is 10.2 Å². The maximum Gasteiger partial charge on any atom is 0.175 e. The fourth-order valence-electron chi connectivity index (χ4n) is 2.20. The van der Waals surface area contributed by atoms with Crippen LogP contribution in [0.25, 0.3) is 5.65 Å². The van der Waals surface area contributed by atoms with Crippen LogP contribution in [0.1, 0.15) is 23.9 Å². The summed E-state index contributed by atoms with van der Waals surface area (Å²) in [6.45, 7) is 0. The van der Waals surface area contributed by atoms with Gasteiger partial charge in [0.2, 0.25) is 0 Å². The summed E-state index contributed by atoms with van der Waals surface area (Å²) in [4.78, 5) is 0. The van der Waals surface area contributed by atoms with Gasteiger partial charge in [0.25, 0.3) is 0 Å². The average Bonchev–Trinajstić information content (AvgIpc) is 2.82. The molecule has 3 rings (SSSR count). The van der Waals surface area contributed by atoms with Crippen molar-refractivity contribution in [2.24, 2.45) is 0 Å². The Morgan fingerprint density at radius 2 is 2.24 bits per heavy atom. The molecular weight excluding hydrogens is 306 g/mol. The van der Waals surface area contributed by atoms with E-state index in [1.54, 1.807) is 10.6 Å². The number of nitrogens with zero attached hydrogens (tertiary/aromatic N) is 3. The van der Waals surface area contributed by atoms with E-state index in [4.69, 9.17) is 0 Å². The van der Waals surface area contributed by atoms with Gasteiger partial charge in [0, 0.05) is 6.20 Å². The van der Waals surface area contributed by atoms with Crippen molar-refractivity contribution in [1.29, 1.82) is 0 Å². The third kappa shape index (κ3) is 1.68. The van der Waals surface area contributed by atoms with Crippen molar-refractivity contribution in [2.75, 3.05) is 5.75 Å². The van der Waals surface area contributed by atoms with Crippen LogP contribution in [0.2, 0.25) is 0 Å². The van der Waals surface area contributed by atoms with E-state index in [0.717, 1.165) is 4.47 Å². The van der Waals surface area contributed by atoms with Crippen molar-refractivity contribution in [1.82, 2.24) is 14.6 Å². The van der Waals surface area contributed by atoms with Gasteiger partial charge in [0.15, 0.2) is 21.3 Å². The standard InChI is InChI=1S/C10H10BrN3O2S/c11-7-3-1-5-14-9(7)12-13-10(14)8-4-2-6-17(8,15)16/h1,3,5,8H,2,4,6H2. The summed E-state index contributed by atoms with van der Waals surface area (Å²) in [7, 11) is -3.05. The third-order valence-corrected chi connectivity index (χ3v) is 5.82. The maximum absolute atomic E-state index is 11.9. The summed E-state index contributed by atoms with van der Waals surface area (Å²) >= 11 is 3.37. The highest BCUT2D eigenvalue weighted by molar-refractivity contribution is 9.10. The second-order valence-corrected chi connectivity index (χ2v) is 7.26. The summed E-state index contributed by atoms with van der Waals surface area (Å²) in [5.41, 5.74) is 0.657. The van der Waals surface area contributed by atoms with Gasteiger partial charge < -0.3 is 0 Å². The summed E-state index contributed by atoms with van der Waals surface area (Å²) in [5.74, 6) is 0.777. The van der Waals surface area contributed by atoms with E-state index in [-0.39, 0.29) is 5.75 Å². The van der Waals surface area contributed by atoms with E-state index in [2.05, 4.69) is 26.1 Å². The number of fused-ring (bicyclic) bond motifs is 1. The van der Waals surface area contributed by atoms with Crippen LogP contribution in [0.4, 0.5) is 0 Å². The van der Waals surface area contributed by atoms with Crippen LogP contribution >= 0.6 is 15.9 Å². The number of aromatic nitrogens is 3. The number of hydrogen-bond donors (Lipinski definition) is 0. The van der Waals surface area contributed by atoms with Crippen molar-refractivity contribution in [3.63, 3.8) is 0 Å². The molecule has 1 saturated heterocycles. The fraction of sp³-hybridized carbons (Fsp3) is 0.400. The maximum atomic E-state index is 11.9. The first kappa shape index (κ1) is 11.2. The van der Waals surface area contributed by atoms with Gasteiger partial charge in [-0.25, -0.2) is 8.42 Å².